The Labute approximate surface area is 274 Å². The maximum Gasteiger partial charge on any atom is 0.410 e. The van der Waals surface area contributed by atoms with Crippen molar-refractivity contribution in [2.45, 2.75) is 44.9 Å². The van der Waals surface area contributed by atoms with Crippen molar-refractivity contribution in [2.24, 2.45) is 0 Å². The number of ether oxygens (including phenoxy) is 6. The number of carbonyl (C=O) groups is 2. The van der Waals surface area contributed by atoms with Gasteiger partial charge in [-0.2, -0.15) is 0 Å². The lowest BCUT2D eigenvalue weighted by Gasteiger charge is -2.39. The minimum atomic E-state index is -0.816. The van der Waals surface area contributed by atoms with Crippen LogP contribution in [0.15, 0.2) is 97.1 Å². The number of para-hydroxylation sites is 1. The number of amides is 1. The summed E-state index contributed by atoms with van der Waals surface area (Å²) in [7, 11) is 1.38. The molecule has 2 aliphatic rings. The van der Waals surface area contributed by atoms with Crippen molar-refractivity contribution in [1.29, 1.82) is 0 Å². The lowest BCUT2D eigenvalue weighted by atomic mass is 10.0. The Morgan fingerprint density at radius 1 is 0.894 bits per heavy atom. The standard InChI is InChI=1S/C38H39NO8/c1-38(2)46-33-13-5-4-12-32(33)35(47-38)34-24-39(37(41)45-34)19-18-26-14-16-31(17-15-26)44-21-20-43-25-27-8-6-9-28(22-27)29-10-7-11-30(23-29)36(40)42-3/h4-17,22-23,34-35H,18-21,24-25H2,1-3H3/t34-,35?/m1/s1. The molecule has 1 amide bonds. The number of cyclic esters (lactones) is 1. The monoisotopic (exact) mass is 637 g/mol. The molecular weight excluding hydrogens is 598 g/mol. The number of benzene rings is 4. The summed E-state index contributed by atoms with van der Waals surface area (Å²) in [5.74, 6) is 0.330. The number of carbonyl (C=O) groups excluding carboxylic acids is 2. The molecule has 1 saturated heterocycles. The molecule has 1 fully saturated rings. The van der Waals surface area contributed by atoms with Crippen molar-refractivity contribution in [3.05, 3.63) is 119 Å². The van der Waals surface area contributed by atoms with Gasteiger partial charge in [0, 0.05) is 26.0 Å². The third-order valence-electron chi connectivity index (χ3n) is 8.14. The Balaban J connectivity index is 0.933. The zero-order chi connectivity index (χ0) is 32.8. The Bertz CT molecular complexity index is 1700. The molecule has 2 aliphatic heterocycles. The molecule has 0 aliphatic carbocycles. The molecule has 244 valence electrons. The van der Waals surface area contributed by atoms with Crippen LogP contribution in [0, 0.1) is 0 Å². The van der Waals surface area contributed by atoms with Crippen LogP contribution >= 0.6 is 0 Å². The van der Waals surface area contributed by atoms with Crippen LogP contribution in [0.25, 0.3) is 11.1 Å². The third kappa shape index (κ3) is 7.93. The lowest BCUT2D eigenvalue weighted by molar-refractivity contribution is -0.225. The topological polar surface area (TPSA) is 92.8 Å². The predicted octanol–water partition coefficient (Wildman–Crippen LogP) is 6.99. The molecule has 47 heavy (non-hydrogen) atoms. The number of esters is 1. The van der Waals surface area contributed by atoms with Crippen molar-refractivity contribution < 1.29 is 38.0 Å². The summed E-state index contributed by atoms with van der Waals surface area (Å²) in [6, 6.07) is 31.0. The van der Waals surface area contributed by atoms with E-state index in [-0.39, 0.29) is 12.1 Å². The van der Waals surface area contributed by atoms with Crippen molar-refractivity contribution in [1.82, 2.24) is 4.90 Å². The third-order valence-corrected chi connectivity index (χ3v) is 8.14. The van der Waals surface area contributed by atoms with Gasteiger partial charge in [-0.3, -0.25) is 0 Å². The molecular formula is C38H39NO8. The summed E-state index contributed by atoms with van der Waals surface area (Å²) in [6.45, 7) is 6.00. The summed E-state index contributed by atoms with van der Waals surface area (Å²) in [4.78, 5) is 26.4. The van der Waals surface area contributed by atoms with E-state index in [2.05, 4.69) is 6.07 Å². The molecule has 0 spiro atoms. The second kappa shape index (κ2) is 14.3. The molecule has 0 bridgehead atoms. The van der Waals surface area contributed by atoms with E-state index in [0.29, 0.717) is 44.9 Å². The molecule has 2 atom stereocenters. The molecule has 0 saturated carbocycles. The van der Waals surface area contributed by atoms with Crippen molar-refractivity contribution in [2.75, 3.05) is 33.4 Å². The zero-order valence-electron chi connectivity index (χ0n) is 26.8. The summed E-state index contributed by atoms with van der Waals surface area (Å²) in [5.41, 5.74) is 5.46. The highest BCUT2D eigenvalue weighted by Crippen LogP contribution is 2.42. The fourth-order valence-corrected chi connectivity index (χ4v) is 5.83. The van der Waals surface area contributed by atoms with Gasteiger partial charge in [0.15, 0.2) is 6.10 Å². The van der Waals surface area contributed by atoms with Crippen LogP contribution in [0.4, 0.5) is 4.79 Å². The van der Waals surface area contributed by atoms with Crippen LogP contribution < -0.4 is 9.47 Å². The smallest absolute Gasteiger partial charge is 0.410 e. The van der Waals surface area contributed by atoms with Gasteiger partial charge in [0.2, 0.25) is 5.79 Å². The molecule has 0 N–H and O–H groups in total. The van der Waals surface area contributed by atoms with E-state index >= 15 is 0 Å². The lowest BCUT2D eigenvalue weighted by Crippen LogP contribution is -2.42. The largest absolute Gasteiger partial charge is 0.491 e. The zero-order valence-corrected chi connectivity index (χ0v) is 26.8. The number of fused-ring (bicyclic) bond motifs is 1. The summed E-state index contributed by atoms with van der Waals surface area (Å²) < 4.78 is 34.5. The molecule has 2 heterocycles. The van der Waals surface area contributed by atoms with E-state index in [1.165, 1.54) is 7.11 Å². The second-order valence-electron chi connectivity index (χ2n) is 12.0. The first-order valence-corrected chi connectivity index (χ1v) is 15.8. The van der Waals surface area contributed by atoms with E-state index in [0.717, 1.165) is 39.3 Å². The molecule has 1 unspecified atom stereocenters. The number of rotatable bonds is 12. The van der Waals surface area contributed by atoms with Crippen LogP contribution in [0.3, 0.4) is 0 Å². The SMILES string of the molecule is COC(=O)c1cccc(-c2cccc(COCCOc3ccc(CCN4C[C@H](C5OC(C)(C)Oc6ccccc65)OC4=O)cc3)c2)c1. The highest BCUT2D eigenvalue weighted by Gasteiger charge is 2.44. The maximum atomic E-state index is 12.7. The van der Waals surface area contributed by atoms with Gasteiger partial charge >= 0.3 is 12.1 Å². The van der Waals surface area contributed by atoms with E-state index in [9.17, 15) is 9.59 Å². The second-order valence-corrected chi connectivity index (χ2v) is 12.0. The highest BCUT2D eigenvalue weighted by atomic mass is 16.7. The quantitative estimate of drug-likeness (QED) is 0.121. The number of methoxy groups -OCH3 is 1. The van der Waals surface area contributed by atoms with Gasteiger partial charge < -0.3 is 33.3 Å². The average molecular weight is 638 g/mol. The van der Waals surface area contributed by atoms with E-state index in [1.807, 2.05) is 98.8 Å². The van der Waals surface area contributed by atoms with Gasteiger partial charge in [-0.05, 0) is 65.1 Å². The van der Waals surface area contributed by atoms with Crippen LogP contribution in [0.1, 0.15) is 47.0 Å². The number of nitrogens with zero attached hydrogens (tertiary/aromatic N) is 1. The van der Waals surface area contributed by atoms with Gasteiger partial charge in [0.25, 0.3) is 0 Å². The number of hydrogen-bond acceptors (Lipinski definition) is 8. The first kappa shape index (κ1) is 32.1. The van der Waals surface area contributed by atoms with Gasteiger partial charge in [-0.25, -0.2) is 9.59 Å². The first-order valence-electron chi connectivity index (χ1n) is 15.8. The summed E-state index contributed by atoms with van der Waals surface area (Å²) in [5, 5.41) is 0. The fourth-order valence-electron chi connectivity index (χ4n) is 5.83. The average Bonchev–Trinajstić information content (AvgIpc) is 3.46. The maximum absolute atomic E-state index is 12.7. The molecule has 9 nitrogen and oxygen atoms in total. The Morgan fingerprint density at radius 2 is 1.66 bits per heavy atom. The highest BCUT2D eigenvalue weighted by molar-refractivity contribution is 5.91. The van der Waals surface area contributed by atoms with E-state index in [4.69, 9.17) is 28.4 Å². The van der Waals surface area contributed by atoms with Gasteiger partial charge in [0.1, 0.15) is 24.2 Å². The Kier molecular flexibility index (Phi) is 9.75. The van der Waals surface area contributed by atoms with Crippen LogP contribution in [-0.2, 0) is 32.0 Å². The van der Waals surface area contributed by atoms with Crippen LogP contribution in [0.5, 0.6) is 11.5 Å². The summed E-state index contributed by atoms with van der Waals surface area (Å²) >= 11 is 0. The van der Waals surface area contributed by atoms with Crippen molar-refractivity contribution in [3.63, 3.8) is 0 Å². The molecule has 6 rings (SSSR count). The summed E-state index contributed by atoms with van der Waals surface area (Å²) in [6.07, 6.45) is -0.459. The molecule has 4 aromatic carbocycles. The van der Waals surface area contributed by atoms with Gasteiger partial charge in [-0.1, -0.05) is 60.7 Å². The van der Waals surface area contributed by atoms with Gasteiger partial charge in [0.05, 0.1) is 32.4 Å². The van der Waals surface area contributed by atoms with Crippen molar-refractivity contribution in [3.8, 4) is 22.6 Å². The van der Waals surface area contributed by atoms with Crippen molar-refractivity contribution >= 4 is 12.1 Å². The molecule has 4 aromatic rings. The molecule has 0 aromatic heterocycles. The van der Waals surface area contributed by atoms with E-state index in [1.54, 1.807) is 11.0 Å². The van der Waals surface area contributed by atoms with E-state index < -0.39 is 18.0 Å². The fraction of sp³-hybridized carbons (Fsp3) is 0.316. The molecule has 9 heteroatoms. The van der Waals surface area contributed by atoms with Crippen LogP contribution in [-0.4, -0.2) is 62.3 Å². The Hall–Kier alpha value is -4.86. The van der Waals surface area contributed by atoms with Gasteiger partial charge in [-0.15, -0.1) is 0 Å². The first-order chi connectivity index (χ1) is 22.8. The minimum Gasteiger partial charge on any atom is -0.491 e. The Morgan fingerprint density at radius 3 is 2.47 bits per heavy atom. The predicted molar refractivity (Wildman–Crippen MR) is 175 cm³/mol. The normalized spacial score (nSPS) is 18.2. The number of hydrogen-bond donors (Lipinski definition) is 0. The minimum absolute atomic E-state index is 0.333. The van der Waals surface area contributed by atoms with Crippen LogP contribution in [0.2, 0.25) is 0 Å². The molecule has 0 radical (unpaired) electrons.